The predicted octanol–water partition coefficient (Wildman–Crippen LogP) is 1.92. The molecule has 2 aromatic heterocycles. The smallest absolute Gasteiger partial charge is 0.267 e. The molecule has 1 fully saturated rings. The van der Waals surface area contributed by atoms with Crippen molar-refractivity contribution in [1.82, 2.24) is 19.9 Å². The summed E-state index contributed by atoms with van der Waals surface area (Å²) in [6.45, 7) is 3.67. The number of amides is 1. The van der Waals surface area contributed by atoms with Crippen LogP contribution < -0.4 is 5.73 Å². The Morgan fingerprint density at radius 1 is 1.24 bits per heavy atom. The Morgan fingerprint density at radius 2 is 2.03 bits per heavy atom. The lowest BCUT2D eigenvalue weighted by atomic mass is 10.00. The molecule has 1 aliphatic heterocycles. The molecule has 7 nitrogen and oxygen atoms in total. The third-order valence-electron chi connectivity index (χ3n) is 5.18. The summed E-state index contributed by atoms with van der Waals surface area (Å²) in [7, 11) is 1.68. The first-order valence-electron chi connectivity index (χ1n) is 9.31. The molecule has 29 heavy (non-hydrogen) atoms. The van der Waals surface area contributed by atoms with Crippen LogP contribution in [-0.4, -0.2) is 49.6 Å². The van der Waals surface area contributed by atoms with E-state index in [9.17, 15) is 9.90 Å². The Labute approximate surface area is 168 Å². The first kappa shape index (κ1) is 18.8. The number of aryl methyl sites for hydroxylation is 1. The summed E-state index contributed by atoms with van der Waals surface area (Å²) in [6, 6.07) is 11.1. The third-order valence-corrected chi connectivity index (χ3v) is 5.18. The standard InChI is InChI=1S/C22H21N5O2/c1-13-12-22(29,21(28)27(13)3)10-9-15-5-4-6-16(11-15)17-7-8-18-19(26-17)20(23)25-14(2)24-18/h4-8,11,13,29H,12H2,1-3H3,(H2,23,24,25)/t13-,22-/m0/s1. The summed E-state index contributed by atoms with van der Waals surface area (Å²) in [6.07, 6.45) is 0.292. The molecule has 0 bridgehead atoms. The zero-order chi connectivity index (χ0) is 20.8. The maximum atomic E-state index is 12.3. The number of likely N-dealkylation sites (tertiary alicyclic amines) is 1. The van der Waals surface area contributed by atoms with Gasteiger partial charge in [0.05, 0.1) is 11.2 Å². The number of aromatic nitrogens is 3. The predicted molar refractivity (Wildman–Crippen MR) is 111 cm³/mol. The number of nitrogens with two attached hydrogens (primary N) is 1. The fourth-order valence-electron chi connectivity index (χ4n) is 3.50. The van der Waals surface area contributed by atoms with Gasteiger partial charge in [-0.05, 0) is 38.1 Å². The number of anilines is 1. The lowest BCUT2D eigenvalue weighted by Crippen LogP contribution is -2.37. The molecule has 1 saturated heterocycles. The third kappa shape index (κ3) is 3.39. The number of benzene rings is 1. The van der Waals surface area contributed by atoms with E-state index in [1.807, 2.05) is 43.3 Å². The monoisotopic (exact) mass is 387 g/mol. The number of carbonyl (C=O) groups excluding carboxylic acids is 1. The average molecular weight is 387 g/mol. The largest absolute Gasteiger partial charge is 0.382 e. The maximum Gasteiger partial charge on any atom is 0.267 e. The topological polar surface area (TPSA) is 105 Å². The van der Waals surface area contributed by atoms with E-state index in [2.05, 4.69) is 26.8 Å². The van der Waals surface area contributed by atoms with Gasteiger partial charge < -0.3 is 15.7 Å². The Balaban J connectivity index is 1.69. The van der Waals surface area contributed by atoms with Crippen molar-refractivity contribution in [2.24, 2.45) is 0 Å². The van der Waals surface area contributed by atoms with Gasteiger partial charge in [-0.1, -0.05) is 24.0 Å². The Hall–Kier alpha value is -3.50. The van der Waals surface area contributed by atoms with E-state index in [0.717, 1.165) is 5.56 Å². The van der Waals surface area contributed by atoms with Crippen LogP contribution >= 0.6 is 0 Å². The van der Waals surface area contributed by atoms with E-state index in [-0.39, 0.29) is 11.9 Å². The van der Waals surface area contributed by atoms with Crippen molar-refractivity contribution in [1.29, 1.82) is 0 Å². The lowest BCUT2D eigenvalue weighted by Gasteiger charge is -2.14. The van der Waals surface area contributed by atoms with Crippen molar-refractivity contribution >= 4 is 22.8 Å². The van der Waals surface area contributed by atoms with E-state index >= 15 is 0 Å². The van der Waals surface area contributed by atoms with Crippen molar-refractivity contribution in [3.63, 3.8) is 0 Å². The first-order valence-corrected chi connectivity index (χ1v) is 9.31. The Kier molecular flexibility index (Phi) is 4.44. The van der Waals surface area contributed by atoms with Crippen LogP contribution in [0.15, 0.2) is 36.4 Å². The number of nitrogens with zero attached hydrogens (tertiary/aromatic N) is 4. The number of hydrogen-bond donors (Lipinski definition) is 2. The molecule has 146 valence electrons. The number of hydrogen-bond acceptors (Lipinski definition) is 6. The second kappa shape index (κ2) is 6.83. The molecule has 1 aromatic carbocycles. The molecule has 3 aromatic rings. The zero-order valence-corrected chi connectivity index (χ0v) is 16.5. The van der Waals surface area contributed by atoms with Crippen LogP contribution in [0.1, 0.15) is 24.7 Å². The van der Waals surface area contributed by atoms with Gasteiger partial charge in [0.1, 0.15) is 11.3 Å². The number of rotatable bonds is 1. The summed E-state index contributed by atoms with van der Waals surface area (Å²) in [4.78, 5) is 26.9. The van der Waals surface area contributed by atoms with Gasteiger partial charge in [-0.25, -0.2) is 15.0 Å². The Morgan fingerprint density at radius 3 is 2.76 bits per heavy atom. The van der Waals surface area contributed by atoms with Gasteiger partial charge in [0.15, 0.2) is 5.82 Å². The highest BCUT2D eigenvalue weighted by Gasteiger charge is 2.46. The van der Waals surface area contributed by atoms with Crippen molar-refractivity contribution < 1.29 is 9.90 Å². The molecule has 3 heterocycles. The molecular weight excluding hydrogens is 366 g/mol. The van der Waals surface area contributed by atoms with Crippen LogP contribution in [0.3, 0.4) is 0 Å². The summed E-state index contributed by atoms with van der Waals surface area (Å²) < 4.78 is 0. The molecule has 1 aliphatic rings. The fraction of sp³-hybridized carbons (Fsp3) is 0.273. The molecular formula is C22H21N5O2. The minimum absolute atomic E-state index is 0.0498. The molecule has 0 saturated carbocycles. The highest BCUT2D eigenvalue weighted by Crippen LogP contribution is 2.27. The second-order valence-electron chi connectivity index (χ2n) is 7.38. The van der Waals surface area contributed by atoms with Crippen LogP contribution in [-0.2, 0) is 4.79 Å². The summed E-state index contributed by atoms with van der Waals surface area (Å²) in [5.41, 5.74) is 7.83. The highest BCUT2D eigenvalue weighted by atomic mass is 16.3. The molecule has 0 unspecified atom stereocenters. The van der Waals surface area contributed by atoms with Gasteiger partial charge >= 0.3 is 0 Å². The van der Waals surface area contributed by atoms with E-state index in [0.29, 0.717) is 40.4 Å². The van der Waals surface area contributed by atoms with Crippen molar-refractivity contribution in [3.05, 3.63) is 47.8 Å². The molecule has 2 atom stereocenters. The molecule has 7 heteroatoms. The summed E-state index contributed by atoms with van der Waals surface area (Å²) in [5.74, 6) is 6.27. The zero-order valence-electron chi connectivity index (χ0n) is 16.5. The quantitative estimate of drug-likeness (QED) is 0.618. The maximum absolute atomic E-state index is 12.3. The molecule has 0 aliphatic carbocycles. The van der Waals surface area contributed by atoms with Crippen molar-refractivity contribution in [2.45, 2.75) is 31.9 Å². The number of fused-ring (bicyclic) bond motifs is 1. The normalized spacial score (nSPS) is 21.3. The van der Waals surface area contributed by atoms with Crippen LogP contribution in [0.5, 0.6) is 0 Å². The molecule has 3 N–H and O–H groups in total. The molecule has 4 rings (SSSR count). The van der Waals surface area contributed by atoms with Crippen LogP contribution in [0.2, 0.25) is 0 Å². The van der Waals surface area contributed by atoms with Gasteiger partial charge in [-0.15, -0.1) is 0 Å². The van der Waals surface area contributed by atoms with E-state index in [1.54, 1.807) is 14.0 Å². The minimum Gasteiger partial charge on any atom is -0.382 e. The van der Waals surface area contributed by atoms with Gasteiger partial charge in [-0.3, -0.25) is 4.79 Å². The van der Waals surface area contributed by atoms with Gasteiger partial charge in [0, 0.05) is 30.6 Å². The number of likely N-dealkylation sites (N-methyl/N-ethyl adjacent to an activating group) is 1. The van der Waals surface area contributed by atoms with Crippen molar-refractivity contribution in [2.75, 3.05) is 12.8 Å². The summed E-state index contributed by atoms with van der Waals surface area (Å²) >= 11 is 0. The number of pyridine rings is 1. The number of nitrogen functional groups attached to an aromatic ring is 1. The van der Waals surface area contributed by atoms with E-state index in [4.69, 9.17) is 5.73 Å². The fourth-order valence-corrected chi connectivity index (χ4v) is 3.50. The molecule has 0 radical (unpaired) electrons. The average Bonchev–Trinajstić information content (AvgIpc) is 2.89. The van der Waals surface area contributed by atoms with E-state index in [1.165, 1.54) is 4.90 Å². The molecule has 1 amide bonds. The second-order valence-corrected chi connectivity index (χ2v) is 7.38. The first-order chi connectivity index (χ1) is 13.8. The van der Waals surface area contributed by atoms with E-state index < -0.39 is 5.60 Å². The molecule has 0 spiro atoms. The number of carbonyl (C=O) groups is 1. The highest BCUT2D eigenvalue weighted by molar-refractivity contribution is 5.91. The van der Waals surface area contributed by atoms with Crippen LogP contribution in [0, 0.1) is 18.8 Å². The van der Waals surface area contributed by atoms with Crippen molar-refractivity contribution in [3.8, 4) is 23.1 Å². The van der Waals surface area contributed by atoms with Crippen LogP contribution in [0.4, 0.5) is 5.82 Å². The Bertz CT molecular complexity index is 1200. The SMILES string of the molecule is Cc1nc(N)c2nc(-c3cccc(C#C[C@]4(O)C[C@H](C)N(C)C4=O)c3)ccc2n1. The van der Waals surface area contributed by atoms with Crippen LogP contribution in [0.25, 0.3) is 22.3 Å². The summed E-state index contributed by atoms with van der Waals surface area (Å²) in [5, 5.41) is 10.6. The number of aliphatic hydroxyl groups is 1. The lowest BCUT2D eigenvalue weighted by molar-refractivity contribution is -0.138. The minimum atomic E-state index is -1.64. The van der Waals surface area contributed by atoms with Gasteiger partial charge in [0.2, 0.25) is 5.60 Å². The van der Waals surface area contributed by atoms with Gasteiger partial charge in [0.25, 0.3) is 5.91 Å². The van der Waals surface area contributed by atoms with Gasteiger partial charge in [-0.2, -0.15) is 0 Å².